The van der Waals surface area contributed by atoms with Gasteiger partial charge in [0.05, 0.1) is 6.54 Å². The fourth-order valence-electron chi connectivity index (χ4n) is 3.42. The largest absolute Gasteiger partial charge is 0.492 e. The van der Waals surface area contributed by atoms with Gasteiger partial charge >= 0.3 is 12.1 Å². The molecular weight excluding hydrogens is 434 g/mol. The smallest absolute Gasteiger partial charge is 0.415 e. The quantitative estimate of drug-likeness (QED) is 0.346. The molecule has 7 nitrogen and oxygen atoms in total. The zero-order valence-corrected chi connectivity index (χ0v) is 20.5. The van der Waals surface area contributed by atoms with Gasteiger partial charge in [0, 0.05) is 19.6 Å². The van der Waals surface area contributed by atoms with E-state index in [1.165, 1.54) is 0 Å². The molecule has 34 heavy (non-hydrogen) atoms. The van der Waals surface area contributed by atoms with Crippen LogP contribution in [-0.4, -0.2) is 54.5 Å². The number of benzene rings is 2. The van der Waals surface area contributed by atoms with Crippen LogP contribution in [0.2, 0.25) is 0 Å². The monoisotopic (exact) mass is 471 g/mol. The van der Waals surface area contributed by atoms with Gasteiger partial charge in [-0.1, -0.05) is 56.0 Å². The lowest BCUT2D eigenvalue weighted by Crippen LogP contribution is -2.37. The van der Waals surface area contributed by atoms with E-state index in [0.29, 0.717) is 44.2 Å². The second-order valence-corrected chi connectivity index (χ2v) is 8.21. The number of amides is 1. The van der Waals surface area contributed by atoms with E-state index in [-0.39, 0.29) is 6.09 Å². The van der Waals surface area contributed by atoms with Crippen molar-refractivity contribution in [1.82, 2.24) is 4.90 Å². The van der Waals surface area contributed by atoms with Crippen LogP contribution in [0, 0.1) is 6.92 Å². The molecule has 0 aromatic heterocycles. The van der Waals surface area contributed by atoms with Gasteiger partial charge in [-0.15, -0.1) is 0 Å². The molecule has 0 spiro atoms. The molecule has 2 aromatic carbocycles. The van der Waals surface area contributed by atoms with Crippen LogP contribution >= 0.6 is 0 Å². The van der Waals surface area contributed by atoms with Gasteiger partial charge in [-0.05, 0) is 50.1 Å². The number of carbonyl (C=O) groups is 2. The second-order valence-electron chi connectivity index (χ2n) is 8.21. The highest BCUT2D eigenvalue weighted by molar-refractivity contribution is 5.72. The number of rotatable bonds is 15. The summed E-state index contributed by atoms with van der Waals surface area (Å²) in [4.78, 5) is 25.7. The molecule has 2 rings (SSSR count). The maximum Gasteiger partial charge on any atom is 0.415 e. The van der Waals surface area contributed by atoms with Crippen molar-refractivity contribution >= 4 is 12.1 Å². The van der Waals surface area contributed by atoms with E-state index in [1.54, 1.807) is 36.1 Å². The number of unbranched alkanes of at least 4 members (excludes halogenated alkanes) is 3. The highest BCUT2D eigenvalue weighted by Gasteiger charge is 2.18. The molecule has 0 fully saturated rings. The van der Waals surface area contributed by atoms with Crippen LogP contribution in [0.4, 0.5) is 4.79 Å². The third kappa shape index (κ3) is 9.83. The Morgan fingerprint density at radius 3 is 2.21 bits per heavy atom. The summed E-state index contributed by atoms with van der Waals surface area (Å²) in [5, 5.41) is 9.24. The van der Waals surface area contributed by atoms with Crippen molar-refractivity contribution in [2.75, 3.05) is 26.3 Å². The average molecular weight is 472 g/mol. The number of aliphatic carboxylic acids is 1. The molecule has 1 unspecified atom stereocenters. The summed E-state index contributed by atoms with van der Waals surface area (Å²) in [6.07, 6.45) is 3.29. The SMILES string of the molecule is CCCCCCN(CCOc1ccc(CC(OCC)C(=O)O)cc1)C(=O)Oc1ccc(C)cc1. The number of carboxylic acids is 1. The molecule has 186 valence electrons. The molecule has 1 N–H and O–H groups in total. The van der Waals surface area contributed by atoms with Gasteiger partial charge in [-0.3, -0.25) is 0 Å². The van der Waals surface area contributed by atoms with E-state index in [1.807, 2.05) is 31.2 Å². The summed E-state index contributed by atoms with van der Waals surface area (Å²) >= 11 is 0. The van der Waals surface area contributed by atoms with Gasteiger partial charge < -0.3 is 24.2 Å². The standard InChI is InChI=1S/C27H37NO6/c1-4-6-7-8-17-28(27(31)34-24-13-9-21(3)10-14-24)18-19-33-23-15-11-22(12-16-23)20-25(26(29)30)32-5-2/h9-16,25H,4-8,17-20H2,1-3H3,(H,29,30). The molecule has 2 aromatic rings. The van der Waals surface area contributed by atoms with Crippen molar-refractivity contribution in [2.24, 2.45) is 0 Å². The number of aryl methyl sites for hydroxylation is 1. The van der Waals surface area contributed by atoms with Crippen LogP contribution in [0.15, 0.2) is 48.5 Å². The summed E-state index contributed by atoms with van der Waals surface area (Å²) in [6.45, 7) is 7.61. The number of hydrogen-bond donors (Lipinski definition) is 1. The van der Waals surface area contributed by atoms with Crippen molar-refractivity contribution in [1.29, 1.82) is 0 Å². The van der Waals surface area contributed by atoms with Crippen molar-refractivity contribution in [3.05, 3.63) is 59.7 Å². The van der Waals surface area contributed by atoms with Gasteiger partial charge in [0.15, 0.2) is 6.10 Å². The molecule has 0 saturated heterocycles. The van der Waals surface area contributed by atoms with Crippen molar-refractivity contribution in [3.63, 3.8) is 0 Å². The Kier molecular flexibility index (Phi) is 12.0. The fourth-order valence-corrected chi connectivity index (χ4v) is 3.42. The molecule has 1 atom stereocenters. The minimum atomic E-state index is -0.973. The van der Waals surface area contributed by atoms with Gasteiger partial charge in [0.2, 0.25) is 0 Å². The first-order valence-electron chi connectivity index (χ1n) is 12.0. The van der Waals surface area contributed by atoms with E-state index >= 15 is 0 Å². The second kappa shape index (κ2) is 15.0. The summed E-state index contributed by atoms with van der Waals surface area (Å²) in [7, 11) is 0. The van der Waals surface area contributed by atoms with E-state index in [4.69, 9.17) is 14.2 Å². The lowest BCUT2D eigenvalue weighted by atomic mass is 10.1. The Morgan fingerprint density at radius 2 is 1.59 bits per heavy atom. The third-order valence-corrected chi connectivity index (χ3v) is 5.38. The molecule has 1 amide bonds. The Bertz CT molecular complexity index is 866. The zero-order chi connectivity index (χ0) is 24.8. The van der Waals surface area contributed by atoms with E-state index in [2.05, 4.69) is 6.92 Å². The van der Waals surface area contributed by atoms with Gasteiger partial charge in [-0.25, -0.2) is 9.59 Å². The van der Waals surface area contributed by atoms with Crippen molar-refractivity contribution in [2.45, 2.75) is 59.0 Å². The number of carbonyl (C=O) groups excluding carboxylic acids is 1. The average Bonchev–Trinajstić information content (AvgIpc) is 2.82. The van der Waals surface area contributed by atoms with E-state index in [9.17, 15) is 14.7 Å². The molecule has 7 heteroatoms. The van der Waals surface area contributed by atoms with E-state index < -0.39 is 12.1 Å². The van der Waals surface area contributed by atoms with Crippen molar-refractivity contribution in [3.8, 4) is 11.5 Å². The first-order valence-corrected chi connectivity index (χ1v) is 12.0. The van der Waals surface area contributed by atoms with Gasteiger partial charge in [-0.2, -0.15) is 0 Å². The molecule has 0 bridgehead atoms. The Morgan fingerprint density at radius 1 is 0.912 bits per heavy atom. The maximum atomic E-state index is 12.7. The molecule has 0 aliphatic rings. The summed E-state index contributed by atoms with van der Waals surface area (Å²) in [6, 6.07) is 14.7. The topological polar surface area (TPSA) is 85.3 Å². The molecular formula is C27H37NO6. The molecule has 0 aliphatic heterocycles. The van der Waals surface area contributed by atoms with Crippen LogP contribution in [-0.2, 0) is 16.0 Å². The highest BCUT2D eigenvalue weighted by atomic mass is 16.6. The first-order chi connectivity index (χ1) is 16.4. The number of carboxylic acid groups (broad SMARTS) is 1. The molecule has 0 aliphatic carbocycles. The number of ether oxygens (including phenoxy) is 3. The van der Waals surface area contributed by atoms with Crippen LogP contribution in [0.25, 0.3) is 0 Å². The van der Waals surface area contributed by atoms with Crippen molar-refractivity contribution < 1.29 is 28.9 Å². The van der Waals surface area contributed by atoms with Crippen LogP contribution in [0.1, 0.15) is 50.7 Å². The minimum Gasteiger partial charge on any atom is -0.492 e. The first kappa shape index (κ1) is 27.2. The summed E-state index contributed by atoms with van der Waals surface area (Å²) in [5.74, 6) is 0.209. The lowest BCUT2D eigenvalue weighted by molar-refractivity contribution is -0.149. The molecule has 0 heterocycles. The predicted molar refractivity (Wildman–Crippen MR) is 132 cm³/mol. The number of nitrogens with zero attached hydrogens (tertiary/aromatic N) is 1. The Hall–Kier alpha value is -3.06. The van der Waals surface area contributed by atoms with Gasteiger partial charge in [0.1, 0.15) is 18.1 Å². The van der Waals surface area contributed by atoms with Crippen LogP contribution in [0.3, 0.4) is 0 Å². The zero-order valence-electron chi connectivity index (χ0n) is 20.5. The maximum absolute atomic E-state index is 12.7. The fraction of sp³-hybridized carbons (Fsp3) is 0.481. The van der Waals surface area contributed by atoms with Crippen LogP contribution in [0.5, 0.6) is 11.5 Å². The normalized spacial score (nSPS) is 11.6. The third-order valence-electron chi connectivity index (χ3n) is 5.38. The highest BCUT2D eigenvalue weighted by Crippen LogP contribution is 2.16. The summed E-state index contributed by atoms with van der Waals surface area (Å²) in [5.41, 5.74) is 1.96. The van der Waals surface area contributed by atoms with Gasteiger partial charge in [0.25, 0.3) is 0 Å². The molecule has 0 radical (unpaired) electrons. The molecule has 0 saturated carbocycles. The van der Waals surface area contributed by atoms with E-state index in [0.717, 1.165) is 36.8 Å². The summed E-state index contributed by atoms with van der Waals surface area (Å²) < 4.78 is 16.7. The Balaban J connectivity index is 1.89. The predicted octanol–water partition coefficient (Wildman–Crippen LogP) is 5.49. The number of hydrogen-bond acceptors (Lipinski definition) is 5. The van der Waals surface area contributed by atoms with Crippen LogP contribution < -0.4 is 9.47 Å². The lowest BCUT2D eigenvalue weighted by Gasteiger charge is -2.22. The Labute approximate surface area is 202 Å². The minimum absolute atomic E-state index is 0.292.